The van der Waals surface area contributed by atoms with Gasteiger partial charge >= 0.3 is 5.97 Å². The molecule has 5 N–H and O–H groups in total. The number of aliphatic carboxylic acids is 1. The van der Waals surface area contributed by atoms with E-state index in [0.29, 0.717) is 56.2 Å². The summed E-state index contributed by atoms with van der Waals surface area (Å²) in [5.41, 5.74) is 16.9. The summed E-state index contributed by atoms with van der Waals surface area (Å²) in [6, 6.07) is 5.12. The third-order valence-electron chi connectivity index (χ3n) is 9.41. The summed E-state index contributed by atoms with van der Waals surface area (Å²) in [7, 11) is 0. The smallest absolute Gasteiger partial charge is 0.303 e. The number of carboxylic acids is 1. The Balaban J connectivity index is 1.52. The molecule has 1 atom stereocenters. The van der Waals surface area contributed by atoms with Crippen LogP contribution in [-0.2, 0) is 4.79 Å². The average Bonchev–Trinajstić information content (AvgIpc) is 3.70. The third kappa shape index (κ3) is 6.52. The molecule has 0 saturated heterocycles. The number of hydrogen-bond donors (Lipinski definition) is 5. The lowest BCUT2D eigenvalue weighted by Crippen LogP contribution is -2.29. The molecule has 0 radical (unpaired) electrons. The lowest BCUT2D eigenvalue weighted by atomic mass is 9.92. The van der Waals surface area contributed by atoms with Crippen LogP contribution in [0.15, 0.2) is 150 Å². The minimum atomic E-state index is -1.47. The highest BCUT2D eigenvalue weighted by molar-refractivity contribution is 6.36. The number of nitrogens with one attached hydrogen (secondary N) is 3. The number of hydrazine groups is 1. The highest BCUT2D eigenvalue weighted by Gasteiger charge is 2.39. The van der Waals surface area contributed by atoms with Crippen LogP contribution in [0.2, 0.25) is 10.0 Å². The standard InChI is InChI=1S/C39H38Cl2N6O3/c1-7-24-20(3)30-16-31-21(4)25(8-2)35(45-31)19-37-39(6,50)27(13-14-42-47-29-11-9-23(40)15-28(29)41)36(46-37)17-32-22(5)26(10-12-38(48)49)34(44-32)18-33(24)43-30/h8-9,11,13-19,42,46-47,50H,2,7,10,12H2,1,3-6H3,(H,48,49). The maximum absolute atomic E-state index is 12.1. The molecule has 9 nitrogen and oxygen atoms in total. The predicted molar refractivity (Wildman–Crippen MR) is 203 cm³/mol. The van der Waals surface area contributed by atoms with Gasteiger partial charge in [0.2, 0.25) is 0 Å². The molecule has 0 spiro atoms. The van der Waals surface area contributed by atoms with Gasteiger partial charge < -0.3 is 21.0 Å². The lowest BCUT2D eigenvalue weighted by molar-refractivity contribution is -0.136. The van der Waals surface area contributed by atoms with Crippen molar-refractivity contribution in [3.05, 3.63) is 145 Å². The van der Waals surface area contributed by atoms with Crippen LogP contribution >= 0.6 is 23.2 Å². The van der Waals surface area contributed by atoms with Gasteiger partial charge in [0.25, 0.3) is 0 Å². The van der Waals surface area contributed by atoms with E-state index >= 15 is 0 Å². The van der Waals surface area contributed by atoms with Crippen molar-refractivity contribution in [1.82, 2.24) is 10.7 Å². The molecule has 0 aliphatic carbocycles. The van der Waals surface area contributed by atoms with E-state index in [0.717, 1.165) is 57.0 Å². The maximum Gasteiger partial charge on any atom is 0.303 e. The Bertz CT molecular complexity index is 2130. The fraction of sp³-hybridized carbons (Fsp3) is 0.231. The van der Waals surface area contributed by atoms with Gasteiger partial charge in [0.15, 0.2) is 0 Å². The zero-order chi connectivity index (χ0) is 35.9. The average molecular weight is 710 g/mol. The van der Waals surface area contributed by atoms with Gasteiger partial charge in [-0.2, -0.15) is 0 Å². The number of carboxylic acid groups (broad SMARTS) is 1. The third-order valence-corrected chi connectivity index (χ3v) is 9.96. The van der Waals surface area contributed by atoms with E-state index < -0.39 is 11.6 Å². The van der Waals surface area contributed by atoms with Crippen molar-refractivity contribution in [2.45, 2.75) is 59.5 Å². The van der Waals surface area contributed by atoms with E-state index in [1.165, 1.54) is 0 Å². The van der Waals surface area contributed by atoms with Gasteiger partial charge in [0.05, 0.1) is 50.6 Å². The van der Waals surface area contributed by atoms with Crippen LogP contribution in [0.4, 0.5) is 5.69 Å². The molecule has 0 amide bonds. The largest absolute Gasteiger partial charge is 0.481 e. The summed E-state index contributed by atoms with van der Waals surface area (Å²) in [4.78, 5) is 26.7. The van der Waals surface area contributed by atoms with Gasteiger partial charge in [0, 0.05) is 34.5 Å². The van der Waals surface area contributed by atoms with Gasteiger partial charge in [-0.15, -0.1) is 0 Å². The molecule has 1 aromatic rings. The minimum Gasteiger partial charge on any atom is -0.481 e. The fourth-order valence-corrected chi connectivity index (χ4v) is 6.99. The number of anilines is 1. The number of allylic oxidation sites excluding steroid dienone is 11. The molecule has 5 aliphatic heterocycles. The van der Waals surface area contributed by atoms with Crippen LogP contribution in [0, 0.1) is 0 Å². The van der Waals surface area contributed by atoms with Gasteiger partial charge in [0.1, 0.15) is 5.60 Å². The zero-order valence-electron chi connectivity index (χ0n) is 28.5. The fourth-order valence-electron chi connectivity index (χ4n) is 6.53. The first kappa shape index (κ1) is 34.9. The Morgan fingerprint density at radius 1 is 0.960 bits per heavy atom. The molecule has 256 valence electrons. The Kier molecular flexibility index (Phi) is 9.59. The highest BCUT2D eigenvalue weighted by Crippen LogP contribution is 2.40. The molecule has 0 aromatic heterocycles. The molecule has 11 heteroatoms. The number of benzene rings is 1. The molecule has 8 bridgehead atoms. The summed E-state index contributed by atoms with van der Waals surface area (Å²) < 4.78 is 0. The van der Waals surface area contributed by atoms with Crippen molar-refractivity contribution in [2.24, 2.45) is 15.0 Å². The molecule has 6 rings (SSSR count). The Morgan fingerprint density at radius 3 is 2.36 bits per heavy atom. The van der Waals surface area contributed by atoms with Gasteiger partial charge in [-0.25, -0.2) is 15.0 Å². The second kappa shape index (κ2) is 13.7. The highest BCUT2D eigenvalue weighted by atomic mass is 35.5. The Hall–Kier alpha value is -4.96. The lowest BCUT2D eigenvalue weighted by Gasteiger charge is -2.21. The van der Waals surface area contributed by atoms with Crippen molar-refractivity contribution < 1.29 is 15.0 Å². The molecular formula is C39H38Cl2N6O3. The summed E-state index contributed by atoms with van der Waals surface area (Å²) in [6.45, 7) is 13.9. The molecule has 5 heterocycles. The SMILES string of the molecule is C=CC1=C(C)C2=CC3=NC(=CC4=NC(=CC5=C(C=CNNc6ccc(Cl)cc6Cl)C(C)(O)C(=CC1=N2)N5)C(C)=C4CCC(=O)O)C(CC)=C3C. The summed E-state index contributed by atoms with van der Waals surface area (Å²) >= 11 is 12.4. The van der Waals surface area contributed by atoms with Crippen LogP contribution in [0.3, 0.4) is 0 Å². The van der Waals surface area contributed by atoms with E-state index in [9.17, 15) is 15.0 Å². The van der Waals surface area contributed by atoms with Gasteiger partial charge in [-0.05, 0) is 117 Å². The molecule has 5 aliphatic rings. The molecule has 50 heavy (non-hydrogen) atoms. The number of carbonyl (C=O) groups is 1. The summed E-state index contributed by atoms with van der Waals surface area (Å²) in [6.07, 6.45) is 13.9. The van der Waals surface area contributed by atoms with E-state index in [4.69, 9.17) is 38.2 Å². The predicted octanol–water partition coefficient (Wildman–Crippen LogP) is 8.36. The number of aliphatic imine (C=N–C) groups is 3. The second-order valence-corrected chi connectivity index (χ2v) is 13.4. The van der Waals surface area contributed by atoms with E-state index in [2.05, 4.69) is 36.6 Å². The Labute approximate surface area is 301 Å². The van der Waals surface area contributed by atoms with Crippen LogP contribution < -0.4 is 16.2 Å². The number of fused-ring (bicyclic) bond motifs is 5. The van der Waals surface area contributed by atoms with E-state index in [1.54, 1.807) is 43.5 Å². The zero-order valence-corrected chi connectivity index (χ0v) is 30.0. The number of nitrogens with zero attached hydrogens (tertiary/aromatic N) is 3. The molecule has 0 saturated carbocycles. The summed E-state index contributed by atoms with van der Waals surface area (Å²) in [5, 5.41) is 26.1. The van der Waals surface area contributed by atoms with Crippen molar-refractivity contribution >= 4 is 52.0 Å². The molecule has 0 fully saturated rings. The number of hydrogen-bond acceptors (Lipinski definition) is 8. The van der Waals surface area contributed by atoms with Gasteiger partial charge in [-0.3, -0.25) is 10.2 Å². The number of halogens is 2. The van der Waals surface area contributed by atoms with Crippen molar-refractivity contribution in [3.8, 4) is 0 Å². The van der Waals surface area contributed by atoms with E-state index in [-0.39, 0.29) is 6.42 Å². The normalized spacial score (nSPS) is 21.6. The molecule has 1 unspecified atom stereocenters. The van der Waals surface area contributed by atoms with Crippen LogP contribution in [0.25, 0.3) is 0 Å². The first-order valence-electron chi connectivity index (χ1n) is 16.3. The first-order valence-corrected chi connectivity index (χ1v) is 17.0. The van der Waals surface area contributed by atoms with Crippen molar-refractivity contribution in [1.29, 1.82) is 0 Å². The number of rotatable bonds is 9. The first-order chi connectivity index (χ1) is 23.8. The summed E-state index contributed by atoms with van der Waals surface area (Å²) in [5.74, 6) is -0.885. The van der Waals surface area contributed by atoms with Crippen molar-refractivity contribution in [3.63, 3.8) is 0 Å². The Morgan fingerprint density at radius 2 is 1.66 bits per heavy atom. The number of aliphatic hydroxyl groups is 1. The van der Waals surface area contributed by atoms with Crippen LogP contribution in [-0.4, -0.2) is 38.9 Å². The quantitative estimate of drug-likeness (QED) is 0.164. The van der Waals surface area contributed by atoms with Crippen LogP contribution in [0.5, 0.6) is 0 Å². The second-order valence-electron chi connectivity index (χ2n) is 12.6. The van der Waals surface area contributed by atoms with Gasteiger partial charge in [-0.1, -0.05) is 42.8 Å². The molecule has 1 aromatic carbocycles. The molecular weight excluding hydrogens is 671 g/mol. The van der Waals surface area contributed by atoms with Crippen LogP contribution in [0.1, 0.15) is 53.9 Å². The van der Waals surface area contributed by atoms with E-state index in [1.807, 2.05) is 38.2 Å². The minimum absolute atomic E-state index is 0.0392. The maximum atomic E-state index is 12.1. The topological polar surface area (TPSA) is 131 Å². The van der Waals surface area contributed by atoms with Crippen molar-refractivity contribution in [2.75, 3.05) is 5.43 Å². The monoisotopic (exact) mass is 708 g/mol.